The maximum Gasteiger partial charge on any atom is 0.252 e. The summed E-state index contributed by atoms with van der Waals surface area (Å²) in [7, 11) is 3.95. The van der Waals surface area contributed by atoms with E-state index >= 15 is 0 Å². The third-order valence-electron chi connectivity index (χ3n) is 3.28. The number of benzene rings is 1. The van der Waals surface area contributed by atoms with Gasteiger partial charge in [0.2, 0.25) is 5.91 Å². The molecule has 19 heavy (non-hydrogen) atoms. The molecule has 0 saturated carbocycles. The van der Waals surface area contributed by atoms with Gasteiger partial charge in [-0.05, 0) is 31.2 Å². The largest absolute Gasteiger partial charge is 0.378 e. The fraction of sp³-hybridized carbons (Fsp3) is 0.429. The summed E-state index contributed by atoms with van der Waals surface area (Å²) in [6, 6.07) is 7.35. The number of carbonyl (C=O) groups is 2. The van der Waals surface area contributed by atoms with Gasteiger partial charge in [-0.15, -0.1) is 0 Å². The Kier molecular flexibility index (Phi) is 3.74. The van der Waals surface area contributed by atoms with Gasteiger partial charge in [-0.25, -0.2) is 0 Å². The average molecular weight is 261 g/mol. The fourth-order valence-electron chi connectivity index (χ4n) is 2.19. The zero-order valence-electron chi connectivity index (χ0n) is 11.5. The third kappa shape index (κ3) is 2.70. The predicted molar refractivity (Wildman–Crippen MR) is 75.2 cm³/mol. The highest BCUT2D eigenvalue weighted by Gasteiger charge is 2.37. The van der Waals surface area contributed by atoms with Crippen LogP contribution in [0, 0.1) is 0 Å². The molecular weight excluding hydrogens is 242 g/mol. The minimum Gasteiger partial charge on any atom is -0.378 e. The third-order valence-corrected chi connectivity index (χ3v) is 3.28. The molecule has 0 radical (unpaired) electrons. The van der Waals surface area contributed by atoms with Crippen molar-refractivity contribution in [3.63, 3.8) is 0 Å². The molecule has 0 aliphatic carbocycles. The normalized spacial score (nSPS) is 18.9. The number of nitrogens with zero attached hydrogens (tertiary/aromatic N) is 2. The molecule has 5 nitrogen and oxygen atoms in total. The molecule has 1 aromatic carbocycles. The van der Waals surface area contributed by atoms with Gasteiger partial charge in [0.15, 0.2) is 0 Å². The van der Waals surface area contributed by atoms with Crippen molar-refractivity contribution >= 4 is 23.2 Å². The fourth-order valence-corrected chi connectivity index (χ4v) is 2.19. The lowest BCUT2D eigenvalue weighted by molar-refractivity contribution is -0.138. The second kappa shape index (κ2) is 5.30. The first-order chi connectivity index (χ1) is 9.02. The van der Waals surface area contributed by atoms with Crippen LogP contribution in [0.5, 0.6) is 0 Å². The Morgan fingerprint density at radius 2 is 1.89 bits per heavy atom. The lowest BCUT2D eigenvalue weighted by atomic mass is 10.2. The van der Waals surface area contributed by atoms with Gasteiger partial charge >= 0.3 is 0 Å². The number of imide groups is 1. The molecule has 1 fully saturated rings. The molecule has 0 spiro atoms. The molecule has 102 valence electrons. The number of likely N-dealkylation sites (N-methyl/N-ethyl adjacent to an activating group) is 1. The van der Waals surface area contributed by atoms with Gasteiger partial charge in [-0.3, -0.25) is 14.5 Å². The van der Waals surface area contributed by atoms with E-state index in [1.165, 1.54) is 4.90 Å². The lowest BCUT2D eigenvalue weighted by Crippen LogP contribution is -2.34. The molecule has 0 unspecified atom stereocenters. The second-order valence-corrected chi connectivity index (χ2v) is 4.82. The number of anilines is 2. The second-order valence-electron chi connectivity index (χ2n) is 4.82. The van der Waals surface area contributed by atoms with Gasteiger partial charge in [0.25, 0.3) is 5.91 Å². The number of rotatable bonds is 4. The summed E-state index contributed by atoms with van der Waals surface area (Å²) in [5.74, 6) is -0.237. The Hall–Kier alpha value is -2.04. The molecular formula is C14H19N3O2. The highest BCUT2D eigenvalue weighted by atomic mass is 16.2. The summed E-state index contributed by atoms with van der Waals surface area (Å²) in [6.45, 7) is 2.25. The van der Waals surface area contributed by atoms with Crippen molar-refractivity contribution in [3.8, 4) is 0 Å². The summed E-state index contributed by atoms with van der Waals surface area (Å²) in [6.07, 6.45) is 0.238. The lowest BCUT2D eigenvalue weighted by Gasteiger charge is -2.16. The number of carbonyl (C=O) groups excluding carboxylic acids is 2. The summed E-state index contributed by atoms with van der Waals surface area (Å²) < 4.78 is 0. The predicted octanol–water partition coefficient (Wildman–Crippen LogP) is 1.31. The number of hydrogen-bond donors (Lipinski definition) is 1. The van der Waals surface area contributed by atoms with E-state index in [1.54, 1.807) is 0 Å². The zero-order chi connectivity index (χ0) is 14.0. The van der Waals surface area contributed by atoms with Crippen molar-refractivity contribution in [2.24, 2.45) is 0 Å². The molecule has 1 N–H and O–H groups in total. The minimum atomic E-state index is -0.433. The molecule has 1 aliphatic heterocycles. The molecule has 2 rings (SSSR count). The van der Waals surface area contributed by atoms with Crippen LogP contribution in [0.3, 0.4) is 0 Å². The van der Waals surface area contributed by atoms with E-state index in [4.69, 9.17) is 0 Å². The van der Waals surface area contributed by atoms with Gasteiger partial charge in [0.1, 0.15) is 6.04 Å². The Labute approximate surface area is 113 Å². The topological polar surface area (TPSA) is 52.7 Å². The van der Waals surface area contributed by atoms with Crippen molar-refractivity contribution in [3.05, 3.63) is 24.3 Å². The highest BCUT2D eigenvalue weighted by Crippen LogP contribution is 2.20. The Morgan fingerprint density at radius 3 is 2.37 bits per heavy atom. The SMILES string of the molecule is CCN1C(=O)C[C@H](Nc2ccc(N(C)C)cc2)C1=O. The van der Waals surface area contributed by atoms with Crippen molar-refractivity contribution in [1.29, 1.82) is 0 Å². The van der Waals surface area contributed by atoms with Gasteiger partial charge < -0.3 is 10.2 Å². The Morgan fingerprint density at radius 1 is 1.26 bits per heavy atom. The quantitative estimate of drug-likeness (QED) is 0.830. The minimum absolute atomic E-state index is 0.102. The standard InChI is InChI=1S/C14H19N3O2/c1-4-17-13(18)9-12(14(17)19)15-10-5-7-11(8-6-10)16(2)3/h5-8,12,15H,4,9H2,1-3H3/t12-/m0/s1. The van der Waals surface area contributed by atoms with Crippen molar-refractivity contribution in [2.45, 2.75) is 19.4 Å². The van der Waals surface area contributed by atoms with Gasteiger partial charge in [0, 0.05) is 32.0 Å². The summed E-state index contributed by atoms with van der Waals surface area (Å²) in [5.41, 5.74) is 1.95. The number of nitrogens with one attached hydrogen (secondary N) is 1. The molecule has 5 heteroatoms. The van der Waals surface area contributed by atoms with E-state index in [2.05, 4.69) is 5.32 Å². The van der Waals surface area contributed by atoms with E-state index in [-0.39, 0.29) is 18.2 Å². The monoisotopic (exact) mass is 261 g/mol. The van der Waals surface area contributed by atoms with Crippen LogP contribution in [0.2, 0.25) is 0 Å². The van der Waals surface area contributed by atoms with Crippen LogP contribution >= 0.6 is 0 Å². The molecule has 1 heterocycles. The van der Waals surface area contributed by atoms with Crippen LogP contribution in [0.4, 0.5) is 11.4 Å². The van der Waals surface area contributed by atoms with Crippen molar-refractivity contribution in [1.82, 2.24) is 4.90 Å². The summed E-state index contributed by atoms with van der Waals surface area (Å²) in [5, 5.41) is 3.12. The molecule has 1 aliphatic rings. The van der Waals surface area contributed by atoms with Gasteiger partial charge in [0.05, 0.1) is 6.42 Å². The Balaban J connectivity index is 2.06. The van der Waals surface area contributed by atoms with Crippen LogP contribution in [0.25, 0.3) is 0 Å². The summed E-state index contributed by atoms with van der Waals surface area (Å²) >= 11 is 0. The highest BCUT2D eigenvalue weighted by molar-refractivity contribution is 6.06. The van der Waals surface area contributed by atoms with Gasteiger partial charge in [-0.2, -0.15) is 0 Å². The number of hydrogen-bond acceptors (Lipinski definition) is 4. The first-order valence-corrected chi connectivity index (χ1v) is 6.41. The number of likely N-dealkylation sites (tertiary alicyclic amines) is 1. The zero-order valence-corrected chi connectivity index (χ0v) is 11.5. The number of amides is 2. The first kappa shape index (κ1) is 13.4. The maximum absolute atomic E-state index is 12.0. The van der Waals surface area contributed by atoms with Crippen LogP contribution < -0.4 is 10.2 Å². The maximum atomic E-state index is 12.0. The molecule has 0 bridgehead atoms. The van der Waals surface area contributed by atoms with Crippen molar-refractivity contribution in [2.75, 3.05) is 30.9 Å². The molecule has 2 amide bonds. The molecule has 0 aromatic heterocycles. The molecule has 1 saturated heterocycles. The van der Waals surface area contributed by atoms with E-state index in [1.807, 2.05) is 50.2 Å². The van der Waals surface area contributed by atoms with Crippen LogP contribution in [0.15, 0.2) is 24.3 Å². The summed E-state index contributed by atoms with van der Waals surface area (Å²) in [4.78, 5) is 26.9. The van der Waals surface area contributed by atoms with E-state index in [9.17, 15) is 9.59 Å². The van der Waals surface area contributed by atoms with Gasteiger partial charge in [-0.1, -0.05) is 0 Å². The van der Waals surface area contributed by atoms with E-state index in [0.29, 0.717) is 6.54 Å². The average Bonchev–Trinajstić information content (AvgIpc) is 2.64. The van der Waals surface area contributed by atoms with Crippen LogP contribution in [-0.2, 0) is 9.59 Å². The first-order valence-electron chi connectivity index (χ1n) is 6.41. The van der Waals surface area contributed by atoms with Crippen molar-refractivity contribution < 1.29 is 9.59 Å². The molecule has 1 atom stereocenters. The smallest absolute Gasteiger partial charge is 0.252 e. The van der Waals surface area contributed by atoms with Crippen LogP contribution in [0.1, 0.15) is 13.3 Å². The van der Waals surface area contributed by atoms with E-state index < -0.39 is 6.04 Å². The Bertz CT molecular complexity index is 482. The van der Waals surface area contributed by atoms with E-state index in [0.717, 1.165) is 11.4 Å². The molecule has 1 aromatic rings. The van der Waals surface area contributed by atoms with Crippen LogP contribution in [-0.4, -0.2) is 43.4 Å².